The van der Waals surface area contributed by atoms with Gasteiger partial charge in [-0.3, -0.25) is 4.98 Å². The Morgan fingerprint density at radius 1 is 0.786 bits per heavy atom. The van der Waals surface area contributed by atoms with Gasteiger partial charge in [-0.15, -0.1) is 0 Å². The standard InChI is InChI=1S/C24H14F3N/c1-15-2-11-23(28-14-15)19-7-6-17(22(26)13-19)5-3-16-4-9-20-18(12-16)8-10-21(25)24(20)27/h2,4,6-14H,1H3. The molecule has 1 heterocycles. The number of pyridine rings is 1. The largest absolute Gasteiger partial charge is 0.256 e. The second-order valence-corrected chi connectivity index (χ2v) is 6.46. The van der Waals surface area contributed by atoms with Gasteiger partial charge in [-0.2, -0.15) is 0 Å². The molecule has 1 nitrogen and oxygen atoms in total. The molecule has 1 aromatic heterocycles. The second kappa shape index (κ2) is 7.21. The van der Waals surface area contributed by atoms with Crippen LogP contribution in [0, 0.1) is 36.2 Å². The normalized spacial score (nSPS) is 10.6. The average molecular weight is 373 g/mol. The van der Waals surface area contributed by atoms with E-state index in [1.807, 2.05) is 19.1 Å². The zero-order valence-electron chi connectivity index (χ0n) is 14.9. The molecule has 0 fully saturated rings. The van der Waals surface area contributed by atoms with E-state index in [4.69, 9.17) is 0 Å². The van der Waals surface area contributed by atoms with Crippen molar-refractivity contribution < 1.29 is 13.2 Å². The second-order valence-electron chi connectivity index (χ2n) is 6.46. The van der Waals surface area contributed by atoms with Crippen molar-refractivity contribution in [2.75, 3.05) is 0 Å². The third-order valence-corrected chi connectivity index (χ3v) is 4.42. The Kier molecular flexibility index (Phi) is 4.58. The van der Waals surface area contributed by atoms with Gasteiger partial charge in [-0.1, -0.05) is 36.1 Å². The monoisotopic (exact) mass is 373 g/mol. The van der Waals surface area contributed by atoms with Gasteiger partial charge < -0.3 is 0 Å². The summed E-state index contributed by atoms with van der Waals surface area (Å²) in [5.74, 6) is 3.45. The van der Waals surface area contributed by atoms with Crippen molar-refractivity contribution in [3.8, 4) is 23.1 Å². The molecule has 3 aromatic carbocycles. The molecule has 0 aliphatic rings. The molecule has 4 rings (SSSR count). The fraction of sp³-hybridized carbons (Fsp3) is 0.0417. The smallest absolute Gasteiger partial charge is 0.166 e. The average Bonchev–Trinajstić information content (AvgIpc) is 2.70. The predicted molar refractivity (Wildman–Crippen MR) is 104 cm³/mol. The molecule has 28 heavy (non-hydrogen) atoms. The first-order chi connectivity index (χ1) is 13.5. The van der Waals surface area contributed by atoms with E-state index in [-0.39, 0.29) is 10.9 Å². The van der Waals surface area contributed by atoms with Crippen molar-refractivity contribution >= 4 is 10.8 Å². The lowest BCUT2D eigenvalue weighted by Crippen LogP contribution is -1.89. The molecule has 0 spiro atoms. The van der Waals surface area contributed by atoms with Crippen LogP contribution >= 0.6 is 0 Å². The molecule has 0 saturated heterocycles. The summed E-state index contributed by atoms with van der Waals surface area (Å²) in [6, 6.07) is 15.8. The maximum absolute atomic E-state index is 14.4. The van der Waals surface area contributed by atoms with Crippen LogP contribution in [-0.4, -0.2) is 4.98 Å². The quantitative estimate of drug-likeness (QED) is 0.371. The van der Waals surface area contributed by atoms with Crippen molar-refractivity contribution in [2.24, 2.45) is 0 Å². The maximum atomic E-state index is 14.4. The van der Waals surface area contributed by atoms with Crippen molar-refractivity contribution in [1.29, 1.82) is 0 Å². The van der Waals surface area contributed by atoms with Crippen molar-refractivity contribution in [3.05, 3.63) is 101 Å². The number of hydrogen-bond donors (Lipinski definition) is 0. The van der Waals surface area contributed by atoms with E-state index in [0.717, 1.165) is 11.6 Å². The highest BCUT2D eigenvalue weighted by atomic mass is 19.2. The number of benzene rings is 3. The molecule has 0 aliphatic heterocycles. The third kappa shape index (κ3) is 3.47. The Morgan fingerprint density at radius 3 is 2.39 bits per heavy atom. The van der Waals surface area contributed by atoms with E-state index in [0.29, 0.717) is 22.2 Å². The van der Waals surface area contributed by atoms with Crippen LogP contribution in [0.5, 0.6) is 0 Å². The van der Waals surface area contributed by atoms with E-state index in [1.54, 1.807) is 30.5 Å². The van der Waals surface area contributed by atoms with Crippen LogP contribution < -0.4 is 0 Å². The SMILES string of the molecule is Cc1ccc(-c2ccc(C#Cc3ccc4c(F)c(F)ccc4c3)c(F)c2)nc1. The van der Waals surface area contributed by atoms with Gasteiger partial charge in [0.2, 0.25) is 0 Å². The Bertz CT molecular complexity index is 1250. The summed E-state index contributed by atoms with van der Waals surface area (Å²) < 4.78 is 41.5. The molecule has 0 bridgehead atoms. The zero-order chi connectivity index (χ0) is 19.7. The van der Waals surface area contributed by atoms with Crippen molar-refractivity contribution in [2.45, 2.75) is 6.92 Å². The van der Waals surface area contributed by atoms with Gasteiger partial charge in [0.15, 0.2) is 11.6 Å². The van der Waals surface area contributed by atoms with Crippen molar-refractivity contribution in [1.82, 2.24) is 4.98 Å². The highest BCUT2D eigenvalue weighted by Crippen LogP contribution is 2.22. The number of fused-ring (bicyclic) bond motifs is 1. The summed E-state index contributed by atoms with van der Waals surface area (Å²) in [7, 11) is 0. The summed E-state index contributed by atoms with van der Waals surface area (Å²) in [5, 5.41) is 0.721. The highest BCUT2D eigenvalue weighted by molar-refractivity contribution is 5.84. The summed E-state index contributed by atoms with van der Waals surface area (Å²) in [4.78, 5) is 4.30. The van der Waals surface area contributed by atoms with Gasteiger partial charge in [-0.25, -0.2) is 13.2 Å². The number of rotatable bonds is 1. The first kappa shape index (κ1) is 17.8. The Morgan fingerprint density at radius 2 is 1.64 bits per heavy atom. The van der Waals surface area contributed by atoms with E-state index in [9.17, 15) is 13.2 Å². The summed E-state index contributed by atoms with van der Waals surface area (Å²) >= 11 is 0. The molecule has 4 heteroatoms. The van der Waals surface area contributed by atoms with E-state index >= 15 is 0 Å². The molecule has 0 unspecified atom stereocenters. The zero-order valence-corrected chi connectivity index (χ0v) is 14.9. The Labute approximate surface area is 160 Å². The first-order valence-electron chi connectivity index (χ1n) is 8.63. The lowest BCUT2D eigenvalue weighted by atomic mass is 10.1. The van der Waals surface area contributed by atoms with E-state index in [1.165, 1.54) is 18.2 Å². The molecular weight excluding hydrogens is 359 g/mol. The van der Waals surface area contributed by atoms with Gasteiger partial charge in [0.1, 0.15) is 5.82 Å². The number of aromatic nitrogens is 1. The molecule has 0 aliphatic carbocycles. The number of hydrogen-bond acceptors (Lipinski definition) is 1. The molecular formula is C24H14F3N. The minimum absolute atomic E-state index is 0.187. The molecule has 0 amide bonds. The fourth-order valence-corrected chi connectivity index (χ4v) is 2.90. The van der Waals surface area contributed by atoms with Crippen LogP contribution in [0.25, 0.3) is 22.0 Å². The van der Waals surface area contributed by atoms with Crippen molar-refractivity contribution in [3.63, 3.8) is 0 Å². The van der Waals surface area contributed by atoms with Gasteiger partial charge in [0.25, 0.3) is 0 Å². The van der Waals surface area contributed by atoms with E-state index < -0.39 is 17.5 Å². The Hall–Kier alpha value is -3.58. The molecule has 0 N–H and O–H groups in total. The lowest BCUT2D eigenvalue weighted by molar-refractivity contribution is 0.517. The number of halogens is 3. The summed E-state index contributed by atoms with van der Waals surface area (Å²) in [6.45, 7) is 1.94. The first-order valence-corrected chi connectivity index (χ1v) is 8.63. The van der Waals surface area contributed by atoms with Crippen LogP contribution in [0.2, 0.25) is 0 Å². The van der Waals surface area contributed by atoms with Crippen LogP contribution in [0.3, 0.4) is 0 Å². The molecule has 0 radical (unpaired) electrons. The lowest BCUT2D eigenvalue weighted by Gasteiger charge is -2.03. The van der Waals surface area contributed by atoms with Crippen LogP contribution in [-0.2, 0) is 0 Å². The van der Waals surface area contributed by atoms with E-state index in [2.05, 4.69) is 16.8 Å². The predicted octanol–water partition coefficient (Wildman–Crippen LogP) is 6.03. The van der Waals surface area contributed by atoms with Gasteiger partial charge >= 0.3 is 0 Å². The highest BCUT2D eigenvalue weighted by Gasteiger charge is 2.07. The minimum atomic E-state index is -0.892. The van der Waals surface area contributed by atoms with Crippen LogP contribution in [0.15, 0.2) is 66.9 Å². The molecule has 136 valence electrons. The summed E-state index contributed by atoms with van der Waals surface area (Å²) in [6.07, 6.45) is 1.73. The molecule has 0 atom stereocenters. The fourth-order valence-electron chi connectivity index (χ4n) is 2.90. The number of aryl methyl sites for hydroxylation is 1. The molecule has 0 saturated carbocycles. The number of nitrogens with zero attached hydrogens (tertiary/aromatic N) is 1. The maximum Gasteiger partial charge on any atom is 0.166 e. The third-order valence-electron chi connectivity index (χ3n) is 4.42. The minimum Gasteiger partial charge on any atom is -0.256 e. The van der Waals surface area contributed by atoms with Gasteiger partial charge in [-0.05, 0) is 54.3 Å². The van der Waals surface area contributed by atoms with Gasteiger partial charge in [0.05, 0.1) is 11.3 Å². The summed E-state index contributed by atoms with van der Waals surface area (Å²) in [5.41, 5.74) is 3.23. The van der Waals surface area contributed by atoms with Gasteiger partial charge in [0, 0.05) is 22.7 Å². The topological polar surface area (TPSA) is 12.9 Å². The van der Waals surface area contributed by atoms with Crippen LogP contribution in [0.1, 0.15) is 16.7 Å². The molecule has 4 aromatic rings. The Balaban J connectivity index is 1.65. The van der Waals surface area contributed by atoms with Crippen LogP contribution in [0.4, 0.5) is 13.2 Å².